The van der Waals surface area contributed by atoms with Gasteiger partial charge in [0.05, 0.1) is 12.6 Å². The second-order valence-electron chi connectivity index (χ2n) is 7.23. The smallest absolute Gasteiger partial charge is 0.415 e. The summed E-state index contributed by atoms with van der Waals surface area (Å²) in [5.74, 6) is 2.03. The van der Waals surface area contributed by atoms with E-state index in [2.05, 4.69) is 25.4 Å². The number of aromatic nitrogens is 4. The number of hydrogen-bond acceptors (Lipinski definition) is 8. The molecule has 9 nitrogen and oxygen atoms in total. The molecule has 0 spiro atoms. The summed E-state index contributed by atoms with van der Waals surface area (Å²) in [5.41, 5.74) is 2.05. The van der Waals surface area contributed by atoms with E-state index in [1.54, 1.807) is 17.2 Å². The van der Waals surface area contributed by atoms with Gasteiger partial charge in [0, 0.05) is 11.8 Å². The van der Waals surface area contributed by atoms with Crippen LogP contribution in [0.4, 0.5) is 16.6 Å². The number of rotatable bonds is 6. The van der Waals surface area contributed by atoms with E-state index in [1.807, 2.05) is 45.0 Å². The first-order valence-corrected chi connectivity index (χ1v) is 9.44. The second kappa shape index (κ2) is 7.86. The molecule has 1 N–H and O–H groups in total. The van der Waals surface area contributed by atoms with Crippen LogP contribution in [-0.2, 0) is 11.3 Å². The number of carbonyl (C=O) groups is 1. The van der Waals surface area contributed by atoms with Gasteiger partial charge in [-0.3, -0.25) is 4.90 Å². The van der Waals surface area contributed by atoms with Gasteiger partial charge >= 0.3 is 6.09 Å². The number of nitrogens with zero attached hydrogens (tertiary/aromatic N) is 5. The number of amides is 1. The number of ether oxygens (including phenoxy) is 1. The molecule has 1 atom stereocenters. The third-order valence-electron chi connectivity index (χ3n) is 4.74. The van der Waals surface area contributed by atoms with Gasteiger partial charge in [-0.1, -0.05) is 48.8 Å². The van der Waals surface area contributed by atoms with Crippen LogP contribution >= 0.6 is 0 Å². The molecular weight excluding hydrogens is 372 g/mol. The Morgan fingerprint density at radius 2 is 2.00 bits per heavy atom. The van der Waals surface area contributed by atoms with Crippen molar-refractivity contribution >= 4 is 17.9 Å². The summed E-state index contributed by atoms with van der Waals surface area (Å²) < 4.78 is 10.5. The van der Waals surface area contributed by atoms with Crippen molar-refractivity contribution in [2.24, 2.45) is 5.92 Å². The maximum atomic E-state index is 12.1. The van der Waals surface area contributed by atoms with E-state index in [4.69, 9.17) is 9.26 Å². The summed E-state index contributed by atoms with van der Waals surface area (Å²) in [6.45, 7) is 6.73. The van der Waals surface area contributed by atoms with Crippen LogP contribution in [0, 0.1) is 12.8 Å². The molecule has 2 aromatic heterocycles. The predicted molar refractivity (Wildman–Crippen MR) is 106 cm³/mol. The van der Waals surface area contributed by atoms with E-state index in [0.717, 1.165) is 11.1 Å². The summed E-state index contributed by atoms with van der Waals surface area (Å²) in [6, 6.07) is 9.52. The van der Waals surface area contributed by atoms with Crippen LogP contribution in [0.15, 0.2) is 41.1 Å². The minimum Gasteiger partial charge on any atom is -0.447 e. The number of nitrogens with one attached hydrogen (secondary N) is 1. The van der Waals surface area contributed by atoms with Gasteiger partial charge in [-0.25, -0.2) is 9.78 Å². The molecule has 1 aromatic carbocycles. The Morgan fingerprint density at radius 3 is 2.76 bits per heavy atom. The van der Waals surface area contributed by atoms with Crippen molar-refractivity contribution < 1.29 is 14.1 Å². The fourth-order valence-corrected chi connectivity index (χ4v) is 3.06. The van der Waals surface area contributed by atoms with E-state index in [1.165, 1.54) is 0 Å². The lowest BCUT2D eigenvalue weighted by Gasteiger charge is -2.23. The van der Waals surface area contributed by atoms with Crippen molar-refractivity contribution in [3.63, 3.8) is 0 Å². The minimum atomic E-state index is -0.395. The number of carbonyl (C=O) groups excluding carboxylic acids is 1. The highest BCUT2D eigenvalue weighted by molar-refractivity contribution is 5.89. The molecule has 3 aromatic rings. The number of hydrogen-bond donors (Lipinski definition) is 1. The molecule has 0 radical (unpaired) electrons. The summed E-state index contributed by atoms with van der Waals surface area (Å²) >= 11 is 0. The molecule has 0 saturated carbocycles. The minimum absolute atomic E-state index is 0.0572. The van der Waals surface area contributed by atoms with Crippen LogP contribution in [0.1, 0.15) is 25.3 Å². The van der Waals surface area contributed by atoms with Crippen LogP contribution in [0.25, 0.3) is 11.4 Å². The van der Waals surface area contributed by atoms with Crippen LogP contribution in [0.3, 0.4) is 0 Å². The Labute approximate surface area is 168 Å². The lowest BCUT2D eigenvalue weighted by Crippen LogP contribution is -2.37. The summed E-state index contributed by atoms with van der Waals surface area (Å²) in [4.78, 5) is 26.7. The number of aryl methyl sites for hydroxylation is 1. The predicted octanol–water partition coefficient (Wildman–Crippen LogP) is 3.43. The van der Waals surface area contributed by atoms with E-state index in [0.29, 0.717) is 30.1 Å². The maximum Gasteiger partial charge on any atom is 0.415 e. The fourth-order valence-electron chi connectivity index (χ4n) is 3.06. The van der Waals surface area contributed by atoms with Crippen LogP contribution in [0.5, 0.6) is 0 Å². The van der Waals surface area contributed by atoms with Crippen molar-refractivity contribution in [3.8, 4) is 11.4 Å². The molecule has 29 heavy (non-hydrogen) atoms. The quantitative estimate of drug-likeness (QED) is 0.678. The zero-order chi connectivity index (χ0) is 20.4. The molecule has 1 amide bonds. The molecule has 0 aliphatic carbocycles. The Balaban J connectivity index is 1.45. The van der Waals surface area contributed by atoms with E-state index in [-0.39, 0.29) is 18.5 Å². The standard InChI is InChI=1S/C20H22N6O3/c1-12(2)15-11-28-20(27)26(15)16-8-9-21-19(23-16)22-10-17-24-18(25-29-17)14-6-4-13(3)5-7-14/h4-9,12,15H,10-11H2,1-3H3,(H,21,22,23)/t15-/m1/s1. The maximum absolute atomic E-state index is 12.1. The highest BCUT2D eigenvalue weighted by atomic mass is 16.6. The Hall–Kier alpha value is -3.49. The Bertz CT molecular complexity index is 1000. The Kier molecular flexibility index (Phi) is 5.11. The van der Waals surface area contributed by atoms with Gasteiger partial charge in [-0.2, -0.15) is 9.97 Å². The highest BCUT2D eigenvalue weighted by Crippen LogP contribution is 2.26. The summed E-state index contributed by atoms with van der Waals surface area (Å²) in [6.07, 6.45) is 1.20. The lowest BCUT2D eigenvalue weighted by molar-refractivity contribution is 0.177. The van der Waals surface area contributed by atoms with Gasteiger partial charge in [0.2, 0.25) is 17.7 Å². The van der Waals surface area contributed by atoms with Crippen LogP contribution in [-0.4, -0.2) is 38.9 Å². The molecule has 0 unspecified atom stereocenters. The van der Waals surface area contributed by atoms with Crippen molar-refractivity contribution in [1.82, 2.24) is 20.1 Å². The number of benzene rings is 1. The average molecular weight is 394 g/mol. The topological polar surface area (TPSA) is 106 Å². The number of anilines is 2. The van der Waals surface area contributed by atoms with Gasteiger partial charge in [0.15, 0.2) is 0 Å². The zero-order valence-electron chi connectivity index (χ0n) is 16.5. The molecule has 4 rings (SSSR count). The Morgan fingerprint density at radius 1 is 1.21 bits per heavy atom. The molecule has 150 valence electrons. The van der Waals surface area contributed by atoms with Crippen LogP contribution < -0.4 is 10.2 Å². The van der Waals surface area contributed by atoms with Gasteiger partial charge in [0.1, 0.15) is 12.4 Å². The number of cyclic esters (lactones) is 1. The normalized spacial score (nSPS) is 16.3. The van der Waals surface area contributed by atoms with Gasteiger partial charge < -0.3 is 14.6 Å². The second-order valence-corrected chi connectivity index (χ2v) is 7.23. The van der Waals surface area contributed by atoms with E-state index < -0.39 is 6.09 Å². The van der Waals surface area contributed by atoms with Gasteiger partial charge in [-0.05, 0) is 18.9 Å². The van der Waals surface area contributed by atoms with Crippen molar-refractivity contribution in [2.45, 2.75) is 33.4 Å². The highest BCUT2D eigenvalue weighted by Gasteiger charge is 2.37. The third-order valence-corrected chi connectivity index (χ3v) is 4.74. The first-order valence-electron chi connectivity index (χ1n) is 9.44. The lowest BCUT2D eigenvalue weighted by atomic mass is 10.0. The van der Waals surface area contributed by atoms with Crippen molar-refractivity contribution in [1.29, 1.82) is 0 Å². The van der Waals surface area contributed by atoms with E-state index in [9.17, 15) is 4.79 Å². The summed E-state index contributed by atoms with van der Waals surface area (Å²) in [7, 11) is 0. The molecule has 0 bridgehead atoms. The molecule has 1 aliphatic rings. The summed E-state index contributed by atoms with van der Waals surface area (Å²) in [5, 5.41) is 7.07. The van der Waals surface area contributed by atoms with Gasteiger partial charge in [0.25, 0.3) is 0 Å². The molecule has 3 heterocycles. The molecule has 1 aliphatic heterocycles. The SMILES string of the molecule is Cc1ccc(-c2noc(CNc3nccc(N4C(=O)OC[C@@H]4C(C)C)n3)n2)cc1. The third kappa shape index (κ3) is 4.03. The van der Waals surface area contributed by atoms with Crippen molar-refractivity contribution in [2.75, 3.05) is 16.8 Å². The van der Waals surface area contributed by atoms with E-state index >= 15 is 0 Å². The first kappa shape index (κ1) is 18.9. The molecular formula is C20H22N6O3. The molecule has 9 heteroatoms. The monoisotopic (exact) mass is 394 g/mol. The first-order chi connectivity index (χ1) is 14.0. The average Bonchev–Trinajstić information content (AvgIpc) is 3.34. The molecule has 1 fully saturated rings. The molecule has 1 saturated heterocycles. The van der Waals surface area contributed by atoms with Crippen LogP contribution in [0.2, 0.25) is 0 Å². The largest absolute Gasteiger partial charge is 0.447 e. The fraction of sp³-hybridized carbons (Fsp3) is 0.350. The zero-order valence-corrected chi connectivity index (χ0v) is 16.5. The van der Waals surface area contributed by atoms with Crippen molar-refractivity contribution in [3.05, 3.63) is 48.0 Å². The van der Waals surface area contributed by atoms with Gasteiger partial charge in [-0.15, -0.1) is 0 Å².